The molecule has 1 saturated carbocycles. The van der Waals surface area contributed by atoms with Crippen LogP contribution in [0.25, 0.3) is 0 Å². The molecule has 1 heterocycles. The third-order valence-electron chi connectivity index (χ3n) is 9.58. The number of ketones is 1. The monoisotopic (exact) mass is 548 g/mol. The Morgan fingerprint density at radius 1 is 1.18 bits per heavy atom. The summed E-state index contributed by atoms with van der Waals surface area (Å²) < 4.78 is 13.0. The number of ether oxygens (including phenoxy) is 2. The van der Waals surface area contributed by atoms with Gasteiger partial charge in [0.2, 0.25) is 0 Å². The molecule has 1 unspecified atom stereocenters. The van der Waals surface area contributed by atoms with Gasteiger partial charge >= 0.3 is 6.09 Å². The number of rotatable bonds is 6. The van der Waals surface area contributed by atoms with Crippen LogP contribution in [0.1, 0.15) is 61.3 Å². The number of hydrogen-bond donors (Lipinski definition) is 2. The van der Waals surface area contributed by atoms with Crippen LogP contribution in [0.15, 0.2) is 48.6 Å². The van der Waals surface area contributed by atoms with Gasteiger partial charge in [-0.1, -0.05) is 54.9 Å². The molecule has 4 aliphatic rings. The van der Waals surface area contributed by atoms with Crippen molar-refractivity contribution in [2.24, 2.45) is 11.8 Å². The molecule has 1 amide bonds. The van der Waals surface area contributed by atoms with Gasteiger partial charge in [0.05, 0.1) is 0 Å². The molecule has 0 saturated heterocycles. The van der Waals surface area contributed by atoms with Crippen LogP contribution in [0, 0.1) is 18.8 Å². The molecule has 1 aliphatic heterocycles. The minimum atomic E-state index is -1.19. The van der Waals surface area contributed by atoms with Crippen molar-refractivity contribution < 1.29 is 19.1 Å². The highest BCUT2D eigenvalue weighted by Gasteiger charge is 2.62. The average Bonchev–Trinajstić information content (AvgIpc) is 3.28. The minimum absolute atomic E-state index is 0.0329. The Kier molecular flexibility index (Phi) is 6.75. The lowest BCUT2D eigenvalue weighted by atomic mass is 9.54. The third kappa shape index (κ3) is 4.02. The van der Waals surface area contributed by atoms with Gasteiger partial charge in [0.1, 0.15) is 17.4 Å². The molecule has 6 rings (SSSR count). The second-order valence-corrected chi connectivity index (χ2v) is 12.2. The quantitative estimate of drug-likeness (QED) is 0.448. The Balaban J connectivity index is 1.35. The maximum Gasteiger partial charge on any atom is 0.408 e. The summed E-state index contributed by atoms with van der Waals surface area (Å²) in [6, 6.07) is 11.7. The van der Waals surface area contributed by atoms with E-state index in [-0.39, 0.29) is 23.2 Å². The average molecular weight is 549 g/mol. The fourth-order valence-corrected chi connectivity index (χ4v) is 8.14. The number of Topliss-reactive ketones (excluding diaryl/α,β-unsaturated/α-hetero) is 1. The Morgan fingerprint density at radius 2 is 2.00 bits per heavy atom. The van der Waals surface area contributed by atoms with Crippen LogP contribution in [0.3, 0.4) is 0 Å². The summed E-state index contributed by atoms with van der Waals surface area (Å²) in [5, 5.41) is 6.81. The Morgan fingerprint density at radius 3 is 2.77 bits per heavy atom. The van der Waals surface area contributed by atoms with Gasteiger partial charge in [0.25, 0.3) is 0 Å². The first kappa shape index (κ1) is 26.4. The van der Waals surface area contributed by atoms with E-state index in [0.29, 0.717) is 29.3 Å². The molecular formula is C32H37ClN2O4. The van der Waals surface area contributed by atoms with Gasteiger partial charge in [0.15, 0.2) is 11.9 Å². The second-order valence-electron chi connectivity index (χ2n) is 11.8. The lowest BCUT2D eigenvalue weighted by molar-refractivity contribution is -0.128. The zero-order chi connectivity index (χ0) is 27.4. The summed E-state index contributed by atoms with van der Waals surface area (Å²) in [6.45, 7) is 5.22. The molecule has 2 aromatic rings. The second kappa shape index (κ2) is 9.97. The van der Waals surface area contributed by atoms with Gasteiger partial charge in [-0.05, 0) is 87.7 Å². The number of hydrogen-bond acceptors (Lipinski definition) is 5. The van der Waals surface area contributed by atoms with Crippen LogP contribution in [-0.4, -0.2) is 37.7 Å². The SMILES string of the molecule is CNCC[C@]12c3c4ccc(C)c3O[C@H]1[C@@H](OC(=O)NC1(c3ccccc3Cl)CCCCC1=O)C=C[C@H]2[C@H](C)C4. The summed E-state index contributed by atoms with van der Waals surface area (Å²) in [4.78, 5) is 27.0. The van der Waals surface area contributed by atoms with E-state index in [1.165, 1.54) is 11.1 Å². The summed E-state index contributed by atoms with van der Waals surface area (Å²) in [5.41, 5.74) is 2.87. The van der Waals surface area contributed by atoms with Crippen molar-refractivity contribution in [3.8, 4) is 5.75 Å². The number of alkyl carbamates (subject to hydrolysis) is 1. The molecule has 7 heteroatoms. The zero-order valence-electron chi connectivity index (χ0n) is 22.9. The first-order valence-corrected chi connectivity index (χ1v) is 14.6. The molecule has 6 nitrogen and oxygen atoms in total. The molecule has 0 bridgehead atoms. The van der Waals surface area contributed by atoms with E-state index >= 15 is 0 Å². The van der Waals surface area contributed by atoms with E-state index in [0.717, 1.165) is 43.5 Å². The van der Waals surface area contributed by atoms with Crippen LogP contribution in [0.4, 0.5) is 4.79 Å². The zero-order valence-corrected chi connectivity index (χ0v) is 23.6. The highest BCUT2D eigenvalue weighted by Crippen LogP contribution is 2.60. The van der Waals surface area contributed by atoms with Gasteiger partial charge in [0, 0.05) is 28.0 Å². The number of carbonyl (C=O) groups is 2. The van der Waals surface area contributed by atoms with Crippen molar-refractivity contribution in [2.75, 3.05) is 13.6 Å². The number of halogens is 1. The van der Waals surface area contributed by atoms with Crippen molar-refractivity contribution in [3.05, 3.63) is 75.8 Å². The van der Waals surface area contributed by atoms with E-state index in [1.54, 1.807) is 6.07 Å². The van der Waals surface area contributed by atoms with Crippen molar-refractivity contribution >= 4 is 23.5 Å². The number of nitrogens with one attached hydrogen (secondary N) is 2. The molecule has 2 N–H and O–H groups in total. The van der Waals surface area contributed by atoms with Gasteiger partial charge < -0.3 is 20.1 Å². The highest BCUT2D eigenvalue weighted by atomic mass is 35.5. The van der Waals surface area contributed by atoms with E-state index in [1.807, 2.05) is 31.3 Å². The van der Waals surface area contributed by atoms with Gasteiger partial charge in [-0.2, -0.15) is 0 Å². The van der Waals surface area contributed by atoms with Crippen LogP contribution >= 0.6 is 11.6 Å². The molecule has 0 spiro atoms. The predicted octanol–water partition coefficient (Wildman–Crippen LogP) is 5.77. The Bertz CT molecular complexity index is 1340. The number of aryl methyl sites for hydroxylation is 1. The maximum absolute atomic E-state index is 13.7. The molecule has 1 fully saturated rings. The fraction of sp³-hybridized carbons (Fsp3) is 0.500. The molecule has 2 aromatic carbocycles. The number of carbonyl (C=O) groups excluding carboxylic acids is 2. The summed E-state index contributed by atoms with van der Waals surface area (Å²) in [7, 11) is 1.97. The maximum atomic E-state index is 13.7. The lowest BCUT2D eigenvalue weighted by Crippen LogP contribution is -2.59. The normalized spacial score (nSPS) is 32.4. The smallest absolute Gasteiger partial charge is 0.408 e. The molecule has 0 aromatic heterocycles. The molecule has 3 aliphatic carbocycles. The molecule has 206 valence electrons. The summed E-state index contributed by atoms with van der Waals surface area (Å²) >= 11 is 6.56. The first-order chi connectivity index (χ1) is 18.8. The van der Waals surface area contributed by atoms with Crippen molar-refractivity contribution in [1.82, 2.24) is 10.6 Å². The highest BCUT2D eigenvalue weighted by molar-refractivity contribution is 6.31. The van der Waals surface area contributed by atoms with Gasteiger partial charge in [-0.3, -0.25) is 4.79 Å². The molecule has 39 heavy (non-hydrogen) atoms. The van der Waals surface area contributed by atoms with Crippen molar-refractivity contribution in [3.63, 3.8) is 0 Å². The number of allylic oxidation sites excluding steroid dienone is 1. The minimum Gasteiger partial charge on any atom is -0.485 e. The summed E-state index contributed by atoms with van der Waals surface area (Å²) in [6.07, 6.45) is 7.07. The van der Waals surface area contributed by atoms with Crippen LogP contribution < -0.4 is 15.4 Å². The third-order valence-corrected chi connectivity index (χ3v) is 9.91. The number of benzene rings is 2. The van der Waals surface area contributed by atoms with Crippen LogP contribution in [0.5, 0.6) is 5.75 Å². The molecule has 6 atom stereocenters. The Labute approximate surface area is 235 Å². The Hall–Kier alpha value is -2.83. The first-order valence-electron chi connectivity index (χ1n) is 14.2. The van der Waals surface area contributed by atoms with Crippen LogP contribution in [0.2, 0.25) is 5.02 Å². The number of amides is 1. The molecular weight excluding hydrogens is 512 g/mol. The van der Waals surface area contributed by atoms with E-state index in [4.69, 9.17) is 21.1 Å². The van der Waals surface area contributed by atoms with E-state index < -0.39 is 17.7 Å². The lowest BCUT2D eigenvalue weighted by Gasteiger charge is -2.50. The van der Waals surface area contributed by atoms with E-state index in [9.17, 15) is 9.59 Å². The largest absolute Gasteiger partial charge is 0.485 e. The van der Waals surface area contributed by atoms with Gasteiger partial charge in [-0.25, -0.2) is 4.79 Å². The predicted molar refractivity (Wildman–Crippen MR) is 151 cm³/mol. The van der Waals surface area contributed by atoms with Crippen molar-refractivity contribution in [2.45, 2.75) is 75.5 Å². The molecule has 0 radical (unpaired) electrons. The fourth-order valence-electron chi connectivity index (χ4n) is 7.84. The van der Waals surface area contributed by atoms with E-state index in [2.05, 4.69) is 42.7 Å². The topological polar surface area (TPSA) is 76.7 Å². The van der Waals surface area contributed by atoms with Crippen LogP contribution in [-0.2, 0) is 26.9 Å². The summed E-state index contributed by atoms with van der Waals surface area (Å²) in [5.74, 6) is 1.62. The standard InChI is InChI=1S/C32H37ClN2O4/c1-19-11-12-21-18-20(2)22-13-14-25(29-31(22,16-17-34-3)27(21)28(19)39-29)38-30(37)35-32(15-7-6-10-26(32)36)23-8-4-5-9-24(23)33/h4-5,8-9,11-14,20,22,25,29,34H,6-7,10,15-18H2,1-3H3,(H,35,37)/t20-,22+,25+,29+,31+,32?/m1/s1. The van der Waals surface area contributed by atoms with Crippen molar-refractivity contribution in [1.29, 1.82) is 0 Å². The van der Waals surface area contributed by atoms with Gasteiger partial charge in [-0.15, -0.1) is 0 Å².